The Morgan fingerprint density at radius 1 is 0.630 bits per heavy atom. The lowest BCUT2D eigenvalue weighted by molar-refractivity contribution is -0.403. The van der Waals surface area contributed by atoms with Crippen LogP contribution in [-0.2, 0) is 52.2 Å². The Labute approximate surface area is 423 Å². The molecule has 0 radical (unpaired) electrons. The van der Waals surface area contributed by atoms with Gasteiger partial charge in [0.05, 0.1) is 45.2 Å². The van der Waals surface area contributed by atoms with Gasteiger partial charge in [0.25, 0.3) is 0 Å². The van der Waals surface area contributed by atoms with Crippen molar-refractivity contribution in [2.75, 3.05) is 33.0 Å². The van der Waals surface area contributed by atoms with Crippen LogP contribution in [0.2, 0.25) is 0 Å². The summed E-state index contributed by atoms with van der Waals surface area (Å²) in [7, 11) is 0. The molecule has 3 saturated carbocycles. The average molecular weight is 1050 g/mol. The van der Waals surface area contributed by atoms with E-state index >= 15 is 0 Å². The van der Waals surface area contributed by atoms with Crippen molar-refractivity contribution in [2.45, 2.75) is 214 Å². The number of fused-ring (bicyclic) bond motifs is 7. The first-order valence-electron chi connectivity index (χ1n) is 26.4. The molecule has 23 heteroatoms. The molecule has 0 unspecified atom stereocenters. The molecular weight excluding hydrogens is 969 g/mol. The number of hydrogen-bond acceptors (Lipinski definition) is 23. The number of carbonyl (C=O) groups is 1. The van der Waals surface area contributed by atoms with Gasteiger partial charge in [-0.2, -0.15) is 0 Å². The Kier molecular flexibility index (Phi) is 15.8. The fourth-order valence-electron chi connectivity index (χ4n) is 15.0. The number of aliphatic hydroxyl groups excluding tert-OH is 12. The largest absolute Gasteiger partial charge is 0.394 e. The molecule has 9 fully saturated rings. The summed E-state index contributed by atoms with van der Waals surface area (Å²) in [6, 6.07) is 0. The van der Waals surface area contributed by atoms with Crippen molar-refractivity contribution >= 4 is 5.78 Å². The number of carbonyl (C=O) groups excluding carboxylic acids is 1. The van der Waals surface area contributed by atoms with Crippen LogP contribution in [0.15, 0.2) is 11.6 Å². The van der Waals surface area contributed by atoms with Crippen LogP contribution < -0.4 is 0 Å². The van der Waals surface area contributed by atoms with Crippen LogP contribution in [0, 0.1) is 46.3 Å². The SMILES string of the molecule is C[C@@H]1CC[C@@]2(OC1)O[C@H]1C[C@H]3[C@@H]4CC=C5C[C@@H](O[C@@H]6O[C@H](CO)[C@H](O[C@@H]7O[C@H](CO)[C@@H](O)[C@H](O[C@@H]8OC[C@@H](O)[C@H](O)[C@H]8O)[C@H]7O[C@@H]7O[C@H](CO)[C@@H](O)[C@H](O)[C@H]7O)[C@H](O)[C@H]6O)CC[C@]5(C)[C@H]4CC(=O)[C@]3(C)[C@H]1[C@@H]2C. The average Bonchev–Trinajstić information content (AvgIpc) is 3.83. The minimum atomic E-state index is -2.02. The predicted octanol–water partition coefficient (Wildman–Crippen LogP) is -3.17. The summed E-state index contributed by atoms with van der Waals surface area (Å²) in [5.74, 6) is 0.935. The molecule has 23 nitrogen and oxygen atoms in total. The molecule has 4 aliphatic carbocycles. The van der Waals surface area contributed by atoms with E-state index in [2.05, 4.69) is 33.8 Å². The number of allylic oxidation sites excluding steroid dienone is 1. The fraction of sp³-hybridized carbons (Fsp3) is 0.940. The van der Waals surface area contributed by atoms with Crippen LogP contribution in [-0.4, -0.2) is 235 Å². The molecule has 10 aliphatic rings. The van der Waals surface area contributed by atoms with Crippen LogP contribution in [0.5, 0.6) is 0 Å². The highest BCUT2D eigenvalue weighted by atomic mass is 16.8. The summed E-state index contributed by atoms with van der Waals surface area (Å²) in [5.41, 5.74) is 0.363. The zero-order chi connectivity index (χ0) is 52.2. The molecule has 73 heavy (non-hydrogen) atoms. The fourth-order valence-corrected chi connectivity index (χ4v) is 15.0. The normalized spacial score (nSPS) is 56.1. The van der Waals surface area contributed by atoms with E-state index in [9.17, 15) is 66.1 Å². The standard InChI is InChI=1S/C50H78O23/c1-19-7-10-50(65-17-19)20(2)32-27(73-50)12-25-23-6-5-21-11-22(8-9-48(21,3)24(23)13-31(55)49(25,32)4)66-45-40(63)37(60)41(30(16-53)69-45)70-47-43(72-46-39(62)36(59)34(57)28(14-51)67-46)42(35(58)29(15-52)68-47)71-44-38(61)33(56)26(54)18-64-44/h5,19-20,22-30,32-47,51-54,56-63H,6-18H2,1-4H3/t19-,20+,22+,23-,24+,25+,26-,27+,28-,29-,30-,32+,33+,34-,35-,36+,37-,38-,39-,40-,41+,42+,43-,44+,45-,46+,47+,48+,49-,50-/m1/s1. The zero-order valence-corrected chi connectivity index (χ0v) is 41.7. The van der Waals surface area contributed by atoms with E-state index < -0.39 is 160 Å². The van der Waals surface area contributed by atoms with E-state index in [1.807, 2.05) is 0 Å². The van der Waals surface area contributed by atoms with Crippen LogP contribution in [0.4, 0.5) is 0 Å². The number of aliphatic hydroxyl groups is 12. The highest BCUT2D eigenvalue weighted by Gasteiger charge is 2.71. The number of ether oxygens (including phenoxy) is 10. The molecule has 12 N–H and O–H groups in total. The quantitative estimate of drug-likeness (QED) is 0.0908. The Morgan fingerprint density at radius 2 is 1.26 bits per heavy atom. The first-order valence-corrected chi connectivity index (χ1v) is 26.4. The first-order chi connectivity index (χ1) is 34.7. The summed E-state index contributed by atoms with van der Waals surface area (Å²) in [4.78, 5) is 14.7. The topological polar surface area (TPSA) is 352 Å². The van der Waals surface area contributed by atoms with E-state index in [-0.39, 0.29) is 35.2 Å². The molecule has 0 aromatic heterocycles. The molecule has 0 bridgehead atoms. The van der Waals surface area contributed by atoms with Crippen molar-refractivity contribution in [3.05, 3.63) is 11.6 Å². The number of ketones is 1. The van der Waals surface area contributed by atoms with E-state index in [1.165, 1.54) is 0 Å². The van der Waals surface area contributed by atoms with Gasteiger partial charge in [-0.25, -0.2) is 0 Å². The van der Waals surface area contributed by atoms with E-state index in [1.54, 1.807) is 0 Å². The Hall–Kier alpha value is -1.47. The van der Waals surface area contributed by atoms with Crippen molar-refractivity contribution in [1.82, 2.24) is 0 Å². The number of hydrogen-bond donors (Lipinski definition) is 12. The summed E-state index contributed by atoms with van der Waals surface area (Å²) in [6.45, 7) is 6.44. The molecule has 0 aromatic carbocycles. The molecule has 0 aromatic rings. The molecule has 6 aliphatic heterocycles. The zero-order valence-electron chi connectivity index (χ0n) is 41.7. The van der Waals surface area contributed by atoms with Crippen molar-refractivity contribution in [1.29, 1.82) is 0 Å². The van der Waals surface area contributed by atoms with Crippen LogP contribution >= 0.6 is 0 Å². The highest BCUT2D eigenvalue weighted by Crippen LogP contribution is 2.70. The van der Waals surface area contributed by atoms with Crippen LogP contribution in [0.1, 0.15) is 79.1 Å². The maximum Gasteiger partial charge on any atom is 0.187 e. The molecule has 6 heterocycles. The predicted molar refractivity (Wildman–Crippen MR) is 243 cm³/mol. The lowest BCUT2D eigenvalue weighted by Crippen LogP contribution is -2.68. The highest BCUT2D eigenvalue weighted by molar-refractivity contribution is 5.87. The summed E-state index contributed by atoms with van der Waals surface area (Å²) in [5, 5.41) is 129. The van der Waals surface area contributed by atoms with Gasteiger partial charge < -0.3 is 109 Å². The molecule has 416 valence electrons. The monoisotopic (exact) mass is 1050 g/mol. The summed E-state index contributed by atoms with van der Waals surface area (Å²) < 4.78 is 61.0. The number of Topliss-reactive ketones (excluding diaryl/α,β-unsaturated/α-hetero) is 1. The van der Waals surface area contributed by atoms with Crippen LogP contribution in [0.3, 0.4) is 0 Å². The minimum absolute atomic E-state index is 0.0324. The second kappa shape index (κ2) is 21.0. The van der Waals surface area contributed by atoms with Gasteiger partial charge in [-0.3, -0.25) is 4.79 Å². The second-order valence-corrected chi connectivity index (χ2v) is 23.3. The lowest BCUT2D eigenvalue weighted by atomic mass is 9.46. The van der Waals surface area contributed by atoms with Gasteiger partial charge >= 0.3 is 0 Å². The van der Waals surface area contributed by atoms with Crippen LogP contribution in [0.25, 0.3) is 0 Å². The molecule has 10 rings (SSSR count). The first kappa shape index (κ1) is 54.9. The van der Waals surface area contributed by atoms with Gasteiger partial charge in [0, 0.05) is 30.1 Å². The second-order valence-electron chi connectivity index (χ2n) is 23.3. The van der Waals surface area contributed by atoms with Gasteiger partial charge in [0.1, 0.15) is 97.3 Å². The molecule has 1 spiro atoms. The third-order valence-corrected chi connectivity index (χ3v) is 19.3. The van der Waals surface area contributed by atoms with E-state index in [4.69, 9.17) is 47.4 Å². The molecule has 30 atom stereocenters. The van der Waals surface area contributed by atoms with E-state index in [0.717, 1.165) is 31.3 Å². The Bertz CT molecular complexity index is 1970. The summed E-state index contributed by atoms with van der Waals surface area (Å²) >= 11 is 0. The lowest BCUT2D eigenvalue weighted by Gasteiger charge is -2.58. The molecular formula is C50H78O23. The summed E-state index contributed by atoms with van der Waals surface area (Å²) in [6.07, 6.45) is -26.0. The van der Waals surface area contributed by atoms with Crippen molar-refractivity contribution in [2.24, 2.45) is 46.3 Å². The van der Waals surface area contributed by atoms with Crippen molar-refractivity contribution in [3.63, 3.8) is 0 Å². The smallest absolute Gasteiger partial charge is 0.187 e. The Morgan fingerprint density at radius 3 is 1.96 bits per heavy atom. The Balaban J connectivity index is 0.833. The maximum absolute atomic E-state index is 14.7. The molecule has 0 amide bonds. The molecule has 6 saturated heterocycles. The minimum Gasteiger partial charge on any atom is -0.394 e. The van der Waals surface area contributed by atoms with Gasteiger partial charge in [-0.05, 0) is 67.6 Å². The van der Waals surface area contributed by atoms with Gasteiger partial charge in [0.2, 0.25) is 0 Å². The third-order valence-electron chi connectivity index (χ3n) is 19.3. The maximum atomic E-state index is 14.7. The van der Waals surface area contributed by atoms with Gasteiger partial charge in [-0.1, -0.05) is 39.3 Å². The van der Waals surface area contributed by atoms with Gasteiger partial charge in [0.15, 0.2) is 30.9 Å². The van der Waals surface area contributed by atoms with Crippen molar-refractivity contribution in [3.8, 4) is 0 Å². The number of rotatable bonds is 11. The van der Waals surface area contributed by atoms with Crippen molar-refractivity contribution < 1.29 is 113 Å². The third kappa shape index (κ3) is 9.22. The van der Waals surface area contributed by atoms with E-state index in [0.29, 0.717) is 49.9 Å². The van der Waals surface area contributed by atoms with Gasteiger partial charge in [-0.15, -0.1) is 0 Å².